The van der Waals surface area contributed by atoms with Crippen molar-refractivity contribution >= 4 is 45.5 Å². The van der Waals surface area contributed by atoms with E-state index in [1.54, 1.807) is 55.4 Å². The summed E-state index contributed by atoms with van der Waals surface area (Å²) in [5, 5.41) is 5.42. The van der Waals surface area contributed by atoms with Gasteiger partial charge in [0.05, 0.1) is 22.7 Å². The van der Waals surface area contributed by atoms with Gasteiger partial charge in [0.25, 0.3) is 5.91 Å². The van der Waals surface area contributed by atoms with E-state index < -0.39 is 11.7 Å². The quantitative estimate of drug-likeness (QED) is 0.247. The number of carbonyl (C=O) groups is 2. The fourth-order valence-electron chi connectivity index (χ4n) is 4.73. The van der Waals surface area contributed by atoms with E-state index in [1.807, 2.05) is 45.4 Å². The van der Waals surface area contributed by atoms with Gasteiger partial charge in [-0.15, -0.1) is 0 Å². The second-order valence-electron chi connectivity index (χ2n) is 11.0. The number of ether oxygens (including phenoxy) is 1. The Morgan fingerprint density at radius 1 is 1.02 bits per heavy atom. The third-order valence-corrected chi connectivity index (χ3v) is 7.01. The SMILES string of the molecule is CCn1ncc(CN(C)C(=O)c2nc(-c3ccc4nc(C)n(C(=O)OC(C)(C)C)c4c3)nc3ccc(Cl)cc23)c1C. The van der Waals surface area contributed by atoms with E-state index in [9.17, 15) is 9.59 Å². The summed E-state index contributed by atoms with van der Waals surface area (Å²) in [4.78, 5) is 42.5. The first-order valence-electron chi connectivity index (χ1n) is 13.3. The number of nitrogens with zero attached hydrogens (tertiary/aromatic N) is 7. The van der Waals surface area contributed by atoms with Crippen molar-refractivity contribution in [2.75, 3.05) is 7.05 Å². The van der Waals surface area contributed by atoms with Crippen LogP contribution in [0.4, 0.5) is 4.79 Å². The lowest BCUT2D eigenvalue weighted by Crippen LogP contribution is -2.28. The number of rotatable bonds is 5. The molecule has 3 heterocycles. The summed E-state index contributed by atoms with van der Waals surface area (Å²) in [6, 6.07) is 10.6. The number of amides is 1. The van der Waals surface area contributed by atoms with Gasteiger partial charge < -0.3 is 9.64 Å². The molecule has 212 valence electrons. The highest BCUT2D eigenvalue weighted by Crippen LogP contribution is 2.28. The molecule has 0 radical (unpaired) electrons. The number of halogens is 1. The van der Waals surface area contributed by atoms with E-state index in [4.69, 9.17) is 26.3 Å². The largest absolute Gasteiger partial charge is 0.443 e. The molecule has 0 N–H and O–H groups in total. The molecule has 10 nitrogen and oxygen atoms in total. The van der Waals surface area contributed by atoms with Crippen molar-refractivity contribution < 1.29 is 14.3 Å². The smallest absolute Gasteiger partial charge is 0.420 e. The van der Waals surface area contributed by atoms with Crippen LogP contribution in [-0.4, -0.2) is 58.8 Å². The Morgan fingerprint density at radius 3 is 2.44 bits per heavy atom. The minimum atomic E-state index is -0.671. The molecule has 0 aliphatic heterocycles. The van der Waals surface area contributed by atoms with Gasteiger partial charge in [-0.05, 0) is 77.9 Å². The molecule has 2 aromatic carbocycles. The van der Waals surface area contributed by atoms with Crippen molar-refractivity contribution in [1.82, 2.24) is 34.2 Å². The Balaban J connectivity index is 1.59. The fraction of sp³-hybridized carbons (Fsp3) is 0.333. The zero-order valence-corrected chi connectivity index (χ0v) is 24.9. The van der Waals surface area contributed by atoms with E-state index in [-0.39, 0.29) is 11.6 Å². The van der Waals surface area contributed by atoms with Gasteiger partial charge in [-0.2, -0.15) is 5.10 Å². The summed E-state index contributed by atoms with van der Waals surface area (Å²) >= 11 is 6.32. The first-order chi connectivity index (χ1) is 19.4. The molecule has 3 aromatic heterocycles. The van der Waals surface area contributed by atoms with Crippen LogP contribution in [0.15, 0.2) is 42.6 Å². The van der Waals surface area contributed by atoms with Gasteiger partial charge in [0, 0.05) is 47.4 Å². The standard InChI is InChI=1S/C30H32ClN7O3/c1-8-37-17(2)20(15-32-37)16-36(7)28(39)26-22-14-21(31)10-12-23(22)34-27(35-26)19-9-11-24-25(13-19)38(18(3)33-24)29(40)41-30(4,5)6/h9-15H,8,16H2,1-7H3. The minimum absolute atomic E-state index is 0.229. The maximum Gasteiger partial charge on any atom is 0.420 e. The molecule has 0 fully saturated rings. The third-order valence-electron chi connectivity index (χ3n) is 6.78. The highest BCUT2D eigenvalue weighted by Gasteiger charge is 2.24. The van der Waals surface area contributed by atoms with Crippen molar-refractivity contribution in [3.8, 4) is 11.4 Å². The van der Waals surface area contributed by atoms with Crippen molar-refractivity contribution in [1.29, 1.82) is 0 Å². The average Bonchev–Trinajstić information content (AvgIpc) is 3.43. The van der Waals surface area contributed by atoms with Crippen molar-refractivity contribution in [3.63, 3.8) is 0 Å². The highest BCUT2D eigenvalue weighted by molar-refractivity contribution is 6.31. The molecular formula is C30H32ClN7O3. The second kappa shape index (κ2) is 10.6. The van der Waals surface area contributed by atoms with Gasteiger partial charge in [0.1, 0.15) is 17.1 Å². The normalized spacial score (nSPS) is 11.8. The van der Waals surface area contributed by atoms with E-state index >= 15 is 0 Å². The minimum Gasteiger partial charge on any atom is -0.443 e. The number of hydrogen-bond donors (Lipinski definition) is 0. The van der Waals surface area contributed by atoms with E-state index in [0.29, 0.717) is 50.7 Å². The molecule has 0 spiro atoms. The Bertz CT molecular complexity index is 1820. The molecule has 11 heteroatoms. The lowest BCUT2D eigenvalue weighted by atomic mass is 10.1. The van der Waals surface area contributed by atoms with Crippen LogP contribution in [0.2, 0.25) is 5.02 Å². The maximum atomic E-state index is 13.8. The van der Waals surface area contributed by atoms with Crippen LogP contribution in [0.25, 0.3) is 33.3 Å². The van der Waals surface area contributed by atoms with Gasteiger partial charge in [0.15, 0.2) is 5.82 Å². The number of aryl methyl sites for hydroxylation is 2. The molecule has 1 amide bonds. The molecule has 0 saturated heterocycles. The Hall–Kier alpha value is -4.31. The Kier molecular flexibility index (Phi) is 7.29. The number of benzene rings is 2. The van der Waals surface area contributed by atoms with Gasteiger partial charge >= 0.3 is 6.09 Å². The van der Waals surface area contributed by atoms with Crippen LogP contribution >= 0.6 is 11.6 Å². The first-order valence-corrected chi connectivity index (χ1v) is 13.7. The number of fused-ring (bicyclic) bond motifs is 2. The molecule has 5 rings (SSSR count). The molecule has 0 aliphatic carbocycles. The van der Waals surface area contributed by atoms with E-state index in [2.05, 4.69) is 10.1 Å². The zero-order chi connectivity index (χ0) is 29.6. The van der Waals surface area contributed by atoms with Crippen LogP contribution in [0.3, 0.4) is 0 Å². The summed E-state index contributed by atoms with van der Waals surface area (Å²) in [5.41, 5.74) is 3.90. The van der Waals surface area contributed by atoms with Crippen LogP contribution in [0.5, 0.6) is 0 Å². The highest BCUT2D eigenvalue weighted by atomic mass is 35.5. The van der Waals surface area contributed by atoms with Gasteiger partial charge in [-0.25, -0.2) is 24.3 Å². The molecule has 0 aliphatic rings. The molecule has 0 saturated carbocycles. The molecule has 5 aromatic rings. The topological polar surface area (TPSA) is 108 Å². The fourth-order valence-corrected chi connectivity index (χ4v) is 4.91. The van der Waals surface area contributed by atoms with Crippen LogP contribution in [0, 0.1) is 13.8 Å². The summed E-state index contributed by atoms with van der Waals surface area (Å²) in [5.74, 6) is 0.558. The van der Waals surface area contributed by atoms with Gasteiger partial charge in [-0.3, -0.25) is 9.48 Å². The predicted octanol–water partition coefficient (Wildman–Crippen LogP) is 6.19. The number of imidazole rings is 1. The lowest BCUT2D eigenvalue weighted by molar-refractivity contribution is 0.0540. The van der Waals surface area contributed by atoms with Crippen molar-refractivity contribution in [2.45, 2.75) is 60.2 Å². The molecular weight excluding hydrogens is 542 g/mol. The number of hydrogen-bond acceptors (Lipinski definition) is 7. The molecule has 0 unspecified atom stereocenters. The monoisotopic (exact) mass is 573 g/mol. The van der Waals surface area contributed by atoms with Gasteiger partial charge in [-0.1, -0.05) is 11.6 Å². The summed E-state index contributed by atoms with van der Waals surface area (Å²) < 4.78 is 8.94. The van der Waals surface area contributed by atoms with Crippen molar-refractivity contribution in [3.05, 3.63) is 70.4 Å². The van der Waals surface area contributed by atoms with Gasteiger partial charge in [0.2, 0.25) is 0 Å². The Morgan fingerprint density at radius 2 is 1.76 bits per heavy atom. The molecule has 0 atom stereocenters. The van der Waals surface area contributed by atoms with Crippen LogP contribution in [-0.2, 0) is 17.8 Å². The zero-order valence-electron chi connectivity index (χ0n) is 24.2. The molecule has 41 heavy (non-hydrogen) atoms. The third kappa shape index (κ3) is 5.52. The summed E-state index contributed by atoms with van der Waals surface area (Å²) in [6.45, 7) is 12.3. The number of carbonyl (C=O) groups excluding carboxylic acids is 2. The Labute approximate surface area is 242 Å². The first kappa shape index (κ1) is 28.2. The van der Waals surface area contributed by atoms with E-state index in [1.165, 1.54) is 4.57 Å². The van der Waals surface area contributed by atoms with E-state index in [0.717, 1.165) is 17.8 Å². The average molecular weight is 574 g/mol. The molecule has 0 bridgehead atoms. The lowest BCUT2D eigenvalue weighted by Gasteiger charge is -2.20. The van der Waals surface area contributed by atoms with Crippen LogP contribution in [0.1, 0.15) is 55.3 Å². The maximum absolute atomic E-state index is 13.8. The summed E-state index contributed by atoms with van der Waals surface area (Å²) in [7, 11) is 1.73. The van der Waals surface area contributed by atoms with Crippen LogP contribution < -0.4 is 0 Å². The predicted molar refractivity (Wildman–Crippen MR) is 158 cm³/mol. The number of aromatic nitrogens is 6. The van der Waals surface area contributed by atoms with Crippen molar-refractivity contribution in [2.24, 2.45) is 0 Å². The second-order valence-corrected chi connectivity index (χ2v) is 11.4. The summed E-state index contributed by atoms with van der Waals surface area (Å²) in [6.07, 6.45) is 1.26.